The number of hydrogen-bond donors (Lipinski definition) is 2. The lowest BCUT2D eigenvalue weighted by Crippen LogP contribution is -2.20. The largest absolute Gasteiger partial charge is 0.508 e. The van der Waals surface area contributed by atoms with E-state index in [2.05, 4.69) is 0 Å². The van der Waals surface area contributed by atoms with E-state index in [-0.39, 0.29) is 23.7 Å². The number of fused-ring (bicyclic) bond motifs is 1. The summed E-state index contributed by atoms with van der Waals surface area (Å²) in [5.74, 6) is 0.574. The zero-order valence-electron chi connectivity index (χ0n) is 11.4. The van der Waals surface area contributed by atoms with Crippen LogP contribution in [-0.2, 0) is 0 Å². The first kappa shape index (κ1) is 13.3. The van der Waals surface area contributed by atoms with Crippen molar-refractivity contribution in [2.24, 2.45) is 0 Å². The van der Waals surface area contributed by atoms with E-state index < -0.39 is 6.10 Å². The molecular weight excluding hydrogens is 272 g/mol. The van der Waals surface area contributed by atoms with Gasteiger partial charge in [0.2, 0.25) is 0 Å². The maximum atomic E-state index is 12.2. The zero-order chi connectivity index (χ0) is 15.0. The molecule has 0 radical (unpaired) electrons. The molecule has 2 aromatic rings. The van der Waals surface area contributed by atoms with E-state index in [0.29, 0.717) is 22.6 Å². The van der Waals surface area contributed by atoms with Crippen molar-refractivity contribution in [1.29, 1.82) is 0 Å². The Kier molecular flexibility index (Phi) is 3.17. The van der Waals surface area contributed by atoms with Crippen molar-refractivity contribution in [2.75, 3.05) is 7.11 Å². The summed E-state index contributed by atoms with van der Waals surface area (Å²) in [6.07, 6.45) is -0.411. The number of benzene rings is 2. The number of para-hydroxylation sites is 1. The van der Waals surface area contributed by atoms with Crippen molar-refractivity contribution in [2.45, 2.75) is 12.5 Å². The Balaban J connectivity index is 2.03. The second-order valence-electron chi connectivity index (χ2n) is 4.81. The number of Topliss-reactive ketones (excluding diaryl/α,β-unsaturated/α-hetero) is 1. The number of phenolic OH excluding ortho intramolecular Hbond substituents is 2. The normalized spacial score (nSPS) is 17.0. The molecule has 1 aliphatic rings. The van der Waals surface area contributed by atoms with E-state index in [4.69, 9.17) is 9.47 Å². The zero-order valence-corrected chi connectivity index (χ0v) is 11.4. The first-order valence-corrected chi connectivity index (χ1v) is 6.49. The van der Waals surface area contributed by atoms with Crippen LogP contribution in [0.1, 0.15) is 28.4 Å². The Morgan fingerprint density at radius 1 is 1.24 bits per heavy atom. The van der Waals surface area contributed by atoms with Crippen LogP contribution in [0, 0.1) is 0 Å². The van der Waals surface area contributed by atoms with Gasteiger partial charge in [-0.25, -0.2) is 0 Å². The molecule has 2 N–H and O–H groups in total. The lowest BCUT2D eigenvalue weighted by atomic mass is 9.95. The molecule has 0 spiro atoms. The predicted molar refractivity (Wildman–Crippen MR) is 75.1 cm³/mol. The minimum atomic E-state index is -0.561. The average Bonchev–Trinajstić information content (AvgIpc) is 2.46. The van der Waals surface area contributed by atoms with Crippen molar-refractivity contribution >= 4 is 5.78 Å². The molecule has 0 aromatic heterocycles. The Morgan fingerprint density at radius 3 is 2.81 bits per heavy atom. The molecule has 1 aliphatic heterocycles. The van der Waals surface area contributed by atoms with Crippen LogP contribution in [0.5, 0.6) is 23.0 Å². The average molecular weight is 286 g/mol. The molecule has 1 unspecified atom stereocenters. The lowest BCUT2D eigenvalue weighted by molar-refractivity contribution is 0.0846. The lowest BCUT2D eigenvalue weighted by Gasteiger charge is -2.26. The number of ketones is 1. The predicted octanol–water partition coefficient (Wildman–Crippen LogP) is 2.81. The third-order valence-corrected chi connectivity index (χ3v) is 3.48. The van der Waals surface area contributed by atoms with Gasteiger partial charge in [0, 0.05) is 11.6 Å². The van der Waals surface area contributed by atoms with Crippen molar-refractivity contribution < 1.29 is 24.5 Å². The Labute approximate surface area is 121 Å². The molecule has 0 amide bonds. The monoisotopic (exact) mass is 286 g/mol. The second kappa shape index (κ2) is 5.01. The van der Waals surface area contributed by atoms with Gasteiger partial charge in [0.1, 0.15) is 17.6 Å². The molecule has 0 saturated heterocycles. The highest BCUT2D eigenvalue weighted by Gasteiger charge is 2.30. The van der Waals surface area contributed by atoms with Gasteiger partial charge in [-0.3, -0.25) is 4.79 Å². The van der Waals surface area contributed by atoms with E-state index in [1.54, 1.807) is 18.2 Å². The molecule has 0 bridgehead atoms. The molecule has 2 aromatic carbocycles. The Morgan fingerprint density at radius 2 is 2.05 bits per heavy atom. The van der Waals surface area contributed by atoms with Crippen LogP contribution in [-0.4, -0.2) is 23.1 Å². The van der Waals surface area contributed by atoms with Crippen LogP contribution in [0.2, 0.25) is 0 Å². The fraction of sp³-hybridized carbons (Fsp3) is 0.188. The Bertz CT molecular complexity index is 708. The van der Waals surface area contributed by atoms with Crippen LogP contribution in [0.3, 0.4) is 0 Å². The smallest absolute Gasteiger partial charge is 0.170 e. The van der Waals surface area contributed by atoms with Gasteiger partial charge in [0.15, 0.2) is 17.3 Å². The summed E-state index contributed by atoms with van der Waals surface area (Å²) in [4.78, 5) is 12.2. The van der Waals surface area contributed by atoms with Gasteiger partial charge in [-0.05, 0) is 18.2 Å². The fourth-order valence-electron chi connectivity index (χ4n) is 2.50. The summed E-state index contributed by atoms with van der Waals surface area (Å²) in [7, 11) is 1.45. The van der Waals surface area contributed by atoms with Gasteiger partial charge >= 0.3 is 0 Å². The van der Waals surface area contributed by atoms with E-state index in [1.807, 2.05) is 0 Å². The maximum absolute atomic E-state index is 12.2. The molecule has 0 saturated carbocycles. The van der Waals surface area contributed by atoms with Crippen LogP contribution >= 0.6 is 0 Å². The van der Waals surface area contributed by atoms with Crippen molar-refractivity contribution in [1.82, 2.24) is 0 Å². The second-order valence-corrected chi connectivity index (χ2v) is 4.81. The summed E-state index contributed by atoms with van der Waals surface area (Å²) in [6.45, 7) is 0. The number of carbonyl (C=O) groups is 1. The van der Waals surface area contributed by atoms with Crippen molar-refractivity contribution in [3.63, 3.8) is 0 Å². The number of rotatable bonds is 2. The molecule has 5 nitrogen and oxygen atoms in total. The molecule has 0 aliphatic carbocycles. The van der Waals surface area contributed by atoms with E-state index >= 15 is 0 Å². The van der Waals surface area contributed by atoms with Crippen LogP contribution in [0.4, 0.5) is 0 Å². The molecule has 108 valence electrons. The van der Waals surface area contributed by atoms with Gasteiger partial charge in [0.05, 0.1) is 19.1 Å². The number of hydrogen-bond acceptors (Lipinski definition) is 5. The first-order valence-electron chi connectivity index (χ1n) is 6.49. The number of aromatic hydroxyl groups is 2. The molecule has 5 heteroatoms. The standard InChI is InChI=1S/C16H14O5/c1-20-16-11(3-2-4-12(16)18)15-8-13(19)10-6-5-9(17)7-14(10)21-15/h2-7,15,17-18H,8H2,1H3. The highest BCUT2D eigenvalue weighted by atomic mass is 16.5. The fourth-order valence-corrected chi connectivity index (χ4v) is 2.50. The topological polar surface area (TPSA) is 76.0 Å². The van der Waals surface area contributed by atoms with E-state index in [9.17, 15) is 15.0 Å². The summed E-state index contributed by atoms with van der Waals surface area (Å²) in [5.41, 5.74) is 1.04. The molecule has 1 atom stereocenters. The molecule has 1 heterocycles. The van der Waals surface area contributed by atoms with Crippen LogP contribution < -0.4 is 9.47 Å². The number of phenols is 2. The SMILES string of the molecule is COc1c(O)cccc1C1CC(=O)c2ccc(O)cc2O1. The number of carbonyl (C=O) groups excluding carboxylic acids is 1. The maximum Gasteiger partial charge on any atom is 0.170 e. The third kappa shape index (κ3) is 2.27. The quantitative estimate of drug-likeness (QED) is 0.887. The summed E-state index contributed by atoms with van der Waals surface area (Å²) >= 11 is 0. The van der Waals surface area contributed by atoms with Crippen molar-refractivity contribution in [3.8, 4) is 23.0 Å². The van der Waals surface area contributed by atoms with Gasteiger partial charge in [0.25, 0.3) is 0 Å². The van der Waals surface area contributed by atoms with Crippen LogP contribution in [0.15, 0.2) is 36.4 Å². The number of methoxy groups -OCH3 is 1. The van der Waals surface area contributed by atoms with Gasteiger partial charge in [-0.15, -0.1) is 0 Å². The van der Waals surface area contributed by atoms with Crippen LogP contribution in [0.25, 0.3) is 0 Å². The molecule has 3 rings (SSSR count). The first-order chi connectivity index (χ1) is 10.1. The summed E-state index contributed by atoms with van der Waals surface area (Å²) < 4.78 is 11.0. The van der Waals surface area contributed by atoms with E-state index in [0.717, 1.165) is 0 Å². The van der Waals surface area contributed by atoms with Gasteiger partial charge in [-0.1, -0.05) is 12.1 Å². The molecule has 21 heavy (non-hydrogen) atoms. The summed E-state index contributed by atoms with van der Waals surface area (Å²) in [5, 5.41) is 19.3. The highest BCUT2D eigenvalue weighted by molar-refractivity contribution is 6.00. The minimum absolute atomic E-state index is 0.00671. The van der Waals surface area contributed by atoms with E-state index in [1.165, 1.54) is 25.3 Å². The minimum Gasteiger partial charge on any atom is -0.508 e. The highest BCUT2D eigenvalue weighted by Crippen LogP contribution is 2.41. The molecular formula is C16H14O5. The summed E-state index contributed by atoms with van der Waals surface area (Å²) in [6, 6.07) is 9.32. The van der Waals surface area contributed by atoms with Gasteiger partial charge in [-0.2, -0.15) is 0 Å². The number of ether oxygens (including phenoxy) is 2. The third-order valence-electron chi connectivity index (χ3n) is 3.48. The van der Waals surface area contributed by atoms with Gasteiger partial charge < -0.3 is 19.7 Å². The van der Waals surface area contributed by atoms with Crippen molar-refractivity contribution in [3.05, 3.63) is 47.5 Å². The Hall–Kier alpha value is -2.69. The molecule has 0 fully saturated rings.